The summed E-state index contributed by atoms with van der Waals surface area (Å²) in [6.45, 7) is 0.999. The van der Waals surface area contributed by atoms with E-state index >= 15 is 0 Å². The van der Waals surface area contributed by atoms with Gasteiger partial charge in [0.05, 0.1) is 17.3 Å². The third kappa shape index (κ3) is 4.13. The molecule has 0 fully saturated rings. The van der Waals surface area contributed by atoms with Crippen LogP contribution in [0, 0.1) is 0 Å². The second-order valence-corrected chi connectivity index (χ2v) is 5.81. The van der Waals surface area contributed by atoms with Crippen molar-refractivity contribution in [2.45, 2.75) is 12.5 Å². The Hall–Kier alpha value is -1.70. The topological polar surface area (TPSA) is 84.4 Å². The molecular weight excluding hydrogens is 288 g/mol. The van der Waals surface area contributed by atoms with E-state index in [-0.39, 0.29) is 11.9 Å². The predicted octanol–water partition coefficient (Wildman–Crippen LogP) is 1.27. The minimum atomic E-state index is -0.173. The average molecular weight is 308 g/mol. The van der Waals surface area contributed by atoms with Crippen LogP contribution < -0.4 is 11.1 Å². The largest absolute Gasteiger partial charge is 0.468 e. The van der Waals surface area contributed by atoms with Crippen LogP contribution in [0.15, 0.2) is 28.2 Å². The summed E-state index contributed by atoms with van der Waals surface area (Å²) in [6.07, 6.45) is 2.33. The quantitative estimate of drug-likeness (QED) is 0.804. The first-order valence-corrected chi connectivity index (χ1v) is 7.62. The molecule has 1 atom stereocenters. The highest BCUT2D eigenvalue weighted by Crippen LogP contribution is 2.18. The summed E-state index contributed by atoms with van der Waals surface area (Å²) in [5.41, 5.74) is 5.93. The van der Waals surface area contributed by atoms with Gasteiger partial charge in [-0.1, -0.05) is 0 Å². The molecule has 0 aliphatic carbocycles. The van der Waals surface area contributed by atoms with Gasteiger partial charge in [-0.3, -0.25) is 9.69 Å². The number of hydrogen-bond acceptors (Lipinski definition) is 6. The maximum absolute atomic E-state index is 12.1. The zero-order valence-electron chi connectivity index (χ0n) is 12.2. The number of likely N-dealkylation sites (N-methyl/N-ethyl adjacent to an activating group) is 1. The highest BCUT2D eigenvalue weighted by atomic mass is 32.1. The number of nitrogens with zero attached hydrogens (tertiary/aromatic N) is 2. The van der Waals surface area contributed by atoms with Gasteiger partial charge >= 0.3 is 0 Å². The van der Waals surface area contributed by atoms with Gasteiger partial charge in [-0.2, -0.15) is 0 Å². The molecule has 7 heteroatoms. The molecule has 2 aromatic rings. The Labute approximate surface area is 128 Å². The second-order valence-electron chi connectivity index (χ2n) is 4.87. The van der Waals surface area contributed by atoms with Gasteiger partial charge < -0.3 is 15.5 Å². The van der Waals surface area contributed by atoms with Crippen molar-refractivity contribution in [3.05, 3.63) is 40.2 Å². The number of carbonyl (C=O) groups excluding carboxylic acids is 1. The third-order valence-corrected chi connectivity index (χ3v) is 4.00. The first-order chi connectivity index (χ1) is 10.1. The van der Waals surface area contributed by atoms with Crippen molar-refractivity contribution in [3.63, 3.8) is 0 Å². The molecule has 2 rings (SSSR count). The first kappa shape index (κ1) is 15.7. The molecule has 0 aliphatic rings. The van der Waals surface area contributed by atoms with E-state index in [9.17, 15) is 4.79 Å². The third-order valence-electron chi connectivity index (χ3n) is 3.09. The van der Waals surface area contributed by atoms with Crippen LogP contribution in [0.4, 0.5) is 0 Å². The van der Waals surface area contributed by atoms with Crippen LogP contribution in [0.3, 0.4) is 0 Å². The summed E-state index contributed by atoms with van der Waals surface area (Å²) in [7, 11) is 3.89. The maximum Gasteiger partial charge on any atom is 0.270 e. The van der Waals surface area contributed by atoms with Crippen molar-refractivity contribution >= 4 is 17.2 Å². The molecule has 0 aromatic carbocycles. The van der Waals surface area contributed by atoms with Crippen molar-refractivity contribution in [2.24, 2.45) is 5.73 Å². The van der Waals surface area contributed by atoms with E-state index in [1.165, 1.54) is 11.3 Å². The van der Waals surface area contributed by atoms with Crippen molar-refractivity contribution in [2.75, 3.05) is 27.2 Å². The minimum absolute atomic E-state index is 0.00824. The maximum atomic E-state index is 12.1. The number of hydrogen-bond donors (Lipinski definition) is 2. The van der Waals surface area contributed by atoms with Crippen molar-refractivity contribution < 1.29 is 9.21 Å². The van der Waals surface area contributed by atoms with Crippen LogP contribution in [-0.2, 0) is 6.42 Å². The van der Waals surface area contributed by atoms with E-state index in [0.717, 1.165) is 10.8 Å². The smallest absolute Gasteiger partial charge is 0.270 e. The molecular formula is C14H20N4O2S. The van der Waals surface area contributed by atoms with Gasteiger partial charge in [0.15, 0.2) is 0 Å². The van der Waals surface area contributed by atoms with Gasteiger partial charge in [-0.25, -0.2) is 4.98 Å². The Kier molecular flexibility index (Phi) is 5.49. The summed E-state index contributed by atoms with van der Waals surface area (Å²) in [6, 6.07) is 3.73. The number of thiazole rings is 1. The monoisotopic (exact) mass is 308 g/mol. The normalized spacial score (nSPS) is 12.6. The molecule has 1 unspecified atom stereocenters. The number of carbonyl (C=O) groups is 1. The summed E-state index contributed by atoms with van der Waals surface area (Å²) >= 11 is 1.46. The molecule has 0 bridgehead atoms. The number of furan rings is 1. The molecule has 1 amide bonds. The lowest BCUT2D eigenvalue weighted by atomic mass is 10.2. The summed E-state index contributed by atoms with van der Waals surface area (Å²) in [5.74, 6) is 0.648. The van der Waals surface area contributed by atoms with Gasteiger partial charge in [-0.05, 0) is 32.8 Å². The van der Waals surface area contributed by atoms with E-state index in [2.05, 4.69) is 10.3 Å². The number of nitrogens with two attached hydrogens (primary N) is 1. The van der Waals surface area contributed by atoms with Crippen molar-refractivity contribution in [1.82, 2.24) is 15.2 Å². The van der Waals surface area contributed by atoms with Gasteiger partial charge in [0.1, 0.15) is 11.5 Å². The van der Waals surface area contributed by atoms with Crippen LogP contribution in [0.25, 0.3) is 0 Å². The molecule has 2 aromatic heterocycles. The Morgan fingerprint density at radius 2 is 2.38 bits per heavy atom. The lowest BCUT2D eigenvalue weighted by molar-refractivity contribution is 0.0934. The number of amides is 1. The van der Waals surface area contributed by atoms with E-state index < -0.39 is 0 Å². The van der Waals surface area contributed by atoms with E-state index in [1.54, 1.807) is 11.6 Å². The van der Waals surface area contributed by atoms with Crippen molar-refractivity contribution in [3.8, 4) is 0 Å². The number of nitrogens with one attached hydrogen (secondary N) is 1. The highest BCUT2D eigenvalue weighted by Gasteiger charge is 2.19. The van der Waals surface area contributed by atoms with Gasteiger partial charge in [-0.15, -0.1) is 11.3 Å². The van der Waals surface area contributed by atoms with E-state index in [0.29, 0.717) is 25.2 Å². The highest BCUT2D eigenvalue weighted by molar-refractivity contribution is 7.09. The molecule has 21 heavy (non-hydrogen) atoms. The Bertz CT molecular complexity index is 565. The van der Waals surface area contributed by atoms with Gasteiger partial charge in [0, 0.05) is 18.3 Å². The fourth-order valence-corrected chi connectivity index (χ4v) is 2.75. The van der Waals surface area contributed by atoms with Crippen LogP contribution >= 0.6 is 11.3 Å². The lowest BCUT2D eigenvalue weighted by Crippen LogP contribution is -2.34. The fraction of sp³-hybridized carbons (Fsp3) is 0.429. The van der Waals surface area contributed by atoms with Gasteiger partial charge in [0.25, 0.3) is 5.91 Å². The van der Waals surface area contributed by atoms with Crippen LogP contribution in [-0.4, -0.2) is 43.0 Å². The van der Waals surface area contributed by atoms with Gasteiger partial charge in [0.2, 0.25) is 0 Å². The minimum Gasteiger partial charge on any atom is -0.468 e. The molecule has 0 aliphatic heterocycles. The predicted molar refractivity (Wildman–Crippen MR) is 82.3 cm³/mol. The first-order valence-electron chi connectivity index (χ1n) is 6.74. The Morgan fingerprint density at radius 3 is 3.00 bits per heavy atom. The van der Waals surface area contributed by atoms with Crippen LogP contribution in [0.5, 0.6) is 0 Å². The standard InChI is InChI=1S/C14H20N4O2S/c1-18(2)11(12-4-3-7-20-12)8-16-14(19)10-9-21-13(17-10)5-6-15/h3-4,7,9,11H,5-6,8,15H2,1-2H3,(H,16,19). The zero-order chi connectivity index (χ0) is 15.2. The molecule has 2 heterocycles. The lowest BCUT2D eigenvalue weighted by Gasteiger charge is -2.22. The zero-order valence-corrected chi connectivity index (χ0v) is 13.0. The molecule has 0 spiro atoms. The van der Waals surface area contributed by atoms with Crippen LogP contribution in [0.1, 0.15) is 27.3 Å². The molecule has 6 nitrogen and oxygen atoms in total. The van der Waals surface area contributed by atoms with Crippen molar-refractivity contribution in [1.29, 1.82) is 0 Å². The molecule has 0 saturated heterocycles. The van der Waals surface area contributed by atoms with E-state index in [1.807, 2.05) is 31.1 Å². The molecule has 114 valence electrons. The average Bonchev–Trinajstić information content (AvgIpc) is 3.10. The Morgan fingerprint density at radius 1 is 1.57 bits per heavy atom. The molecule has 3 N–H and O–H groups in total. The van der Waals surface area contributed by atoms with E-state index in [4.69, 9.17) is 10.2 Å². The Balaban J connectivity index is 1.95. The van der Waals surface area contributed by atoms with Crippen LogP contribution in [0.2, 0.25) is 0 Å². The fourth-order valence-electron chi connectivity index (χ4n) is 1.95. The summed E-state index contributed by atoms with van der Waals surface area (Å²) in [4.78, 5) is 18.4. The number of aromatic nitrogens is 1. The second kappa shape index (κ2) is 7.35. The molecule has 0 saturated carbocycles. The SMILES string of the molecule is CN(C)C(CNC(=O)c1csc(CCN)n1)c1ccco1. The molecule has 0 radical (unpaired) electrons. The summed E-state index contributed by atoms with van der Waals surface area (Å²) in [5, 5.41) is 5.55. The summed E-state index contributed by atoms with van der Waals surface area (Å²) < 4.78 is 5.41. The number of rotatable bonds is 7.